The Hall–Kier alpha value is -1.35. The van der Waals surface area contributed by atoms with Crippen LogP contribution in [0.25, 0.3) is 0 Å². The molecule has 7 heteroatoms. The molecule has 0 saturated heterocycles. The zero-order chi connectivity index (χ0) is 17.9. The molecule has 26 heavy (non-hydrogen) atoms. The van der Waals surface area contributed by atoms with E-state index in [2.05, 4.69) is 21.7 Å². The molecule has 1 aromatic rings. The van der Waals surface area contributed by atoms with Gasteiger partial charge in [-0.2, -0.15) is 0 Å². The van der Waals surface area contributed by atoms with Crippen LogP contribution >= 0.6 is 24.0 Å². The fourth-order valence-corrected chi connectivity index (χ4v) is 2.55. The number of hydrogen-bond acceptors (Lipinski definition) is 3. The average molecular weight is 477 g/mol. The Bertz CT molecular complexity index is 596. The molecule has 1 heterocycles. The number of nitrogens with zero attached hydrogens (tertiary/aromatic N) is 1. The minimum atomic E-state index is -0.340. The van der Waals surface area contributed by atoms with Crippen molar-refractivity contribution >= 4 is 29.9 Å². The maximum absolute atomic E-state index is 13.7. The van der Waals surface area contributed by atoms with Crippen LogP contribution in [0.3, 0.4) is 0 Å². The van der Waals surface area contributed by atoms with Gasteiger partial charge in [-0.25, -0.2) is 4.39 Å². The van der Waals surface area contributed by atoms with E-state index in [0.717, 1.165) is 38.4 Å². The van der Waals surface area contributed by atoms with E-state index in [1.54, 1.807) is 25.2 Å². The van der Waals surface area contributed by atoms with Crippen LogP contribution in [0.5, 0.6) is 5.75 Å². The van der Waals surface area contributed by atoms with E-state index in [1.165, 1.54) is 11.6 Å². The lowest BCUT2D eigenvalue weighted by molar-refractivity contribution is 0.153. The Balaban J connectivity index is 0.00000338. The van der Waals surface area contributed by atoms with Gasteiger partial charge in [0, 0.05) is 13.6 Å². The van der Waals surface area contributed by atoms with E-state index < -0.39 is 0 Å². The first-order chi connectivity index (χ1) is 12.2. The number of aliphatic imine (C=N–C) groups is 1. The second kappa shape index (κ2) is 12.9. The topological polar surface area (TPSA) is 54.9 Å². The maximum Gasteiger partial charge on any atom is 0.191 e. The molecule has 5 nitrogen and oxygen atoms in total. The third kappa shape index (κ3) is 7.90. The fraction of sp³-hybridized carbons (Fsp3) is 0.526. The van der Waals surface area contributed by atoms with Crippen LogP contribution in [-0.4, -0.2) is 45.4 Å². The monoisotopic (exact) mass is 477 g/mol. The van der Waals surface area contributed by atoms with Crippen molar-refractivity contribution in [1.82, 2.24) is 10.6 Å². The lowest BCUT2D eigenvalue weighted by Crippen LogP contribution is -2.42. The van der Waals surface area contributed by atoms with Crippen LogP contribution in [0.2, 0.25) is 0 Å². The van der Waals surface area contributed by atoms with Crippen LogP contribution in [0.4, 0.5) is 4.39 Å². The molecule has 1 atom stereocenters. The zero-order valence-electron chi connectivity index (χ0n) is 15.5. The van der Waals surface area contributed by atoms with Crippen LogP contribution in [0, 0.1) is 5.82 Å². The highest BCUT2D eigenvalue weighted by Crippen LogP contribution is 2.17. The first-order valence-electron chi connectivity index (χ1n) is 8.84. The smallest absolute Gasteiger partial charge is 0.191 e. The molecule has 0 spiro atoms. The zero-order valence-corrected chi connectivity index (χ0v) is 17.8. The Morgan fingerprint density at radius 1 is 1.35 bits per heavy atom. The van der Waals surface area contributed by atoms with Crippen molar-refractivity contribution in [2.45, 2.75) is 32.3 Å². The lowest BCUT2D eigenvalue weighted by atomic mass is 10.1. The predicted octanol–water partition coefficient (Wildman–Crippen LogP) is 3.50. The molecule has 1 unspecified atom stereocenters. The summed E-state index contributed by atoms with van der Waals surface area (Å²) in [5.74, 6) is 0.669. The van der Waals surface area contributed by atoms with Gasteiger partial charge < -0.3 is 20.1 Å². The highest BCUT2D eigenvalue weighted by Gasteiger charge is 2.12. The second-order valence-corrected chi connectivity index (χ2v) is 5.90. The van der Waals surface area contributed by atoms with Crippen molar-refractivity contribution in [3.63, 3.8) is 0 Å². The molecule has 2 N–H and O–H groups in total. The summed E-state index contributed by atoms with van der Waals surface area (Å²) in [5.41, 5.74) is 1.42. The summed E-state index contributed by atoms with van der Waals surface area (Å²) in [6, 6.07) is 6.47. The summed E-state index contributed by atoms with van der Waals surface area (Å²) >= 11 is 0. The summed E-state index contributed by atoms with van der Waals surface area (Å²) in [6.45, 7) is 4.91. The molecule has 146 valence electrons. The van der Waals surface area contributed by atoms with Crippen LogP contribution in [0.1, 0.15) is 26.2 Å². The largest absolute Gasteiger partial charge is 0.486 e. The standard InChI is InChI=1S/C19H28FN3O2.HI/c1-3-16(25-18-7-5-4-6-17(18)20)14-23-19(21-2)22-11-8-15-9-12-24-13-10-15;/h4-7,9,16H,3,8,10-14H2,1-2H3,(H2,21,22,23);1H. The number of halogens is 2. The lowest BCUT2D eigenvalue weighted by Gasteiger charge is -2.20. The molecule has 0 amide bonds. The molecule has 0 radical (unpaired) electrons. The van der Waals surface area contributed by atoms with Gasteiger partial charge in [0.25, 0.3) is 0 Å². The SMILES string of the molecule is CCC(CNC(=NC)NCCC1=CCOCC1)Oc1ccccc1F.I. The van der Waals surface area contributed by atoms with Crippen molar-refractivity contribution in [2.24, 2.45) is 4.99 Å². The van der Waals surface area contributed by atoms with Gasteiger partial charge in [0.15, 0.2) is 17.5 Å². The number of para-hydroxylation sites is 1. The van der Waals surface area contributed by atoms with Crippen molar-refractivity contribution in [3.05, 3.63) is 41.7 Å². The first kappa shape index (κ1) is 22.7. The average Bonchev–Trinajstić information content (AvgIpc) is 2.65. The second-order valence-electron chi connectivity index (χ2n) is 5.90. The number of nitrogens with one attached hydrogen (secondary N) is 2. The third-order valence-electron chi connectivity index (χ3n) is 4.10. The van der Waals surface area contributed by atoms with Gasteiger partial charge in [-0.1, -0.05) is 30.7 Å². The third-order valence-corrected chi connectivity index (χ3v) is 4.10. The van der Waals surface area contributed by atoms with E-state index in [-0.39, 0.29) is 41.6 Å². The first-order valence-corrected chi connectivity index (χ1v) is 8.84. The van der Waals surface area contributed by atoms with Gasteiger partial charge in [0.05, 0.1) is 19.8 Å². The Morgan fingerprint density at radius 2 is 2.15 bits per heavy atom. The Kier molecular flexibility index (Phi) is 11.3. The summed E-state index contributed by atoms with van der Waals surface area (Å²) < 4.78 is 24.8. The van der Waals surface area contributed by atoms with E-state index in [9.17, 15) is 4.39 Å². The summed E-state index contributed by atoms with van der Waals surface area (Å²) in [5, 5.41) is 6.54. The summed E-state index contributed by atoms with van der Waals surface area (Å²) in [6.07, 6.45) is 4.77. The van der Waals surface area contributed by atoms with Crippen molar-refractivity contribution < 1.29 is 13.9 Å². The number of rotatable bonds is 8. The molecule has 2 rings (SSSR count). The van der Waals surface area contributed by atoms with E-state index in [1.807, 2.05) is 6.92 Å². The molecule has 0 aromatic heterocycles. The predicted molar refractivity (Wildman–Crippen MR) is 114 cm³/mol. The molecule has 1 aliphatic heterocycles. The number of hydrogen-bond donors (Lipinski definition) is 2. The van der Waals surface area contributed by atoms with Gasteiger partial charge in [0.1, 0.15) is 6.10 Å². The van der Waals surface area contributed by atoms with E-state index in [4.69, 9.17) is 9.47 Å². The van der Waals surface area contributed by atoms with Crippen molar-refractivity contribution in [2.75, 3.05) is 33.4 Å². The van der Waals surface area contributed by atoms with Crippen molar-refractivity contribution in [3.8, 4) is 5.75 Å². The summed E-state index contributed by atoms with van der Waals surface area (Å²) in [4.78, 5) is 4.22. The van der Waals surface area contributed by atoms with E-state index in [0.29, 0.717) is 13.2 Å². The normalized spacial score (nSPS) is 15.5. The molecular weight excluding hydrogens is 448 g/mol. The quantitative estimate of drug-likeness (QED) is 0.261. The Labute approximate surface area is 172 Å². The van der Waals surface area contributed by atoms with Crippen LogP contribution in [0.15, 0.2) is 40.9 Å². The van der Waals surface area contributed by atoms with E-state index >= 15 is 0 Å². The molecule has 0 fully saturated rings. The molecule has 0 aliphatic carbocycles. The molecule has 1 aliphatic rings. The van der Waals surface area contributed by atoms with Gasteiger partial charge in [-0.15, -0.1) is 24.0 Å². The molecule has 0 bridgehead atoms. The highest BCUT2D eigenvalue weighted by molar-refractivity contribution is 14.0. The molecule has 0 saturated carbocycles. The van der Waals surface area contributed by atoms with Gasteiger partial charge in [0.2, 0.25) is 0 Å². The molecular formula is C19H29FIN3O2. The fourth-order valence-electron chi connectivity index (χ4n) is 2.55. The van der Waals surface area contributed by atoms with Crippen LogP contribution < -0.4 is 15.4 Å². The van der Waals surface area contributed by atoms with Gasteiger partial charge in [-0.3, -0.25) is 4.99 Å². The number of benzene rings is 1. The maximum atomic E-state index is 13.7. The van der Waals surface area contributed by atoms with Crippen LogP contribution in [-0.2, 0) is 4.74 Å². The minimum absolute atomic E-state index is 0. The van der Waals surface area contributed by atoms with Gasteiger partial charge >= 0.3 is 0 Å². The van der Waals surface area contributed by atoms with Gasteiger partial charge in [-0.05, 0) is 31.4 Å². The number of guanidine groups is 1. The minimum Gasteiger partial charge on any atom is -0.486 e. The number of ether oxygens (including phenoxy) is 2. The summed E-state index contributed by atoms with van der Waals surface area (Å²) in [7, 11) is 1.74. The highest BCUT2D eigenvalue weighted by atomic mass is 127. The molecule has 1 aromatic carbocycles. The van der Waals surface area contributed by atoms with Crippen molar-refractivity contribution in [1.29, 1.82) is 0 Å². The Morgan fingerprint density at radius 3 is 2.81 bits per heavy atom.